The zero-order valence-electron chi connectivity index (χ0n) is 14.9. The molecule has 2 atom stereocenters. The van der Waals surface area contributed by atoms with Gasteiger partial charge in [-0.15, -0.1) is 0 Å². The number of hydrogen-bond donors (Lipinski definition) is 2. The molecule has 1 saturated heterocycles. The van der Waals surface area contributed by atoms with E-state index in [9.17, 15) is 4.79 Å². The number of rotatable bonds is 8. The zero-order valence-corrected chi connectivity index (χ0v) is 14.9. The highest BCUT2D eigenvalue weighted by Crippen LogP contribution is 2.36. The van der Waals surface area contributed by atoms with E-state index >= 15 is 0 Å². The number of amides is 1. The molecule has 0 spiro atoms. The molecule has 0 radical (unpaired) electrons. The first-order valence-electron chi connectivity index (χ1n) is 8.98. The van der Waals surface area contributed by atoms with Crippen molar-refractivity contribution in [2.45, 2.75) is 45.1 Å². The van der Waals surface area contributed by atoms with Crippen LogP contribution in [0.1, 0.15) is 50.6 Å². The van der Waals surface area contributed by atoms with Crippen molar-refractivity contribution in [2.24, 2.45) is 16.6 Å². The molecule has 1 aliphatic rings. The van der Waals surface area contributed by atoms with Crippen LogP contribution in [0.4, 0.5) is 0 Å². The van der Waals surface area contributed by atoms with Crippen LogP contribution in [0.25, 0.3) is 0 Å². The SMILES string of the molecule is CCCCCCNC(N)=NCC1CC(=O)N(C)C1c1ccccc1. The van der Waals surface area contributed by atoms with Crippen LogP contribution in [-0.2, 0) is 4.79 Å². The van der Waals surface area contributed by atoms with Crippen LogP contribution in [-0.4, -0.2) is 36.9 Å². The molecule has 1 aromatic rings. The number of hydrogen-bond acceptors (Lipinski definition) is 2. The summed E-state index contributed by atoms with van der Waals surface area (Å²) in [5, 5.41) is 3.17. The number of benzene rings is 1. The molecule has 1 amide bonds. The quantitative estimate of drug-likeness (QED) is 0.437. The first kappa shape index (κ1) is 18.3. The molecule has 0 bridgehead atoms. The molecule has 1 aliphatic heterocycles. The Morgan fingerprint density at radius 3 is 2.75 bits per heavy atom. The van der Waals surface area contributed by atoms with Crippen LogP contribution in [0.3, 0.4) is 0 Å². The molecule has 5 heteroatoms. The molecular weight excluding hydrogens is 300 g/mol. The fraction of sp³-hybridized carbons (Fsp3) is 0.579. The lowest BCUT2D eigenvalue weighted by Gasteiger charge is -2.24. The second-order valence-corrected chi connectivity index (χ2v) is 6.54. The number of nitrogens with zero attached hydrogens (tertiary/aromatic N) is 2. The van der Waals surface area contributed by atoms with Crippen molar-refractivity contribution >= 4 is 11.9 Å². The average molecular weight is 330 g/mol. The van der Waals surface area contributed by atoms with Gasteiger partial charge >= 0.3 is 0 Å². The third-order valence-electron chi connectivity index (χ3n) is 4.67. The van der Waals surface area contributed by atoms with E-state index in [2.05, 4.69) is 29.4 Å². The lowest BCUT2D eigenvalue weighted by atomic mass is 9.94. The highest BCUT2D eigenvalue weighted by molar-refractivity contribution is 5.80. The molecule has 5 nitrogen and oxygen atoms in total. The maximum Gasteiger partial charge on any atom is 0.223 e. The molecule has 1 aromatic carbocycles. The van der Waals surface area contributed by atoms with Gasteiger partial charge in [0, 0.05) is 32.5 Å². The van der Waals surface area contributed by atoms with Crippen molar-refractivity contribution in [3.8, 4) is 0 Å². The number of nitrogens with two attached hydrogens (primary N) is 1. The summed E-state index contributed by atoms with van der Waals surface area (Å²) < 4.78 is 0. The Hall–Kier alpha value is -2.04. The fourth-order valence-electron chi connectivity index (χ4n) is 3.30. The smallest absolute Gasteiger partial charge is 0.223 e. The lowest BCUT2D eigenvalue weighted by molar-refractivity contribution is -0.127. The summed E-state index contributed by atoms with van der Waals surface area (Å²) in [4.78, 5) is 18.4. The van der Waals surface area contributed by atoms with Crippen LogP contribution in [0, 0.1) is 5.92 Å². The van der Waals surface area contributed by atoms with Crippen molar-refractivity contribution < 1.29 is 4.79 Å². The molecule has 1 heterocycles. The van der Waals surface area contributed by atoms with Crippen molar-refractivity contribution in [1.29, 1.82) is 0 Å². The van der Waals surface area contributed by atoms with Crippen molar-refractivity contribution in [3.05, 3.63) is 35.9 Å². The molecule has 132 valence electrons. The predicted molar refractivity (Wildman–Crippen MR) is 98.7 cm³/mol. The van der Waals surface area contributed by atoms with Gasteiger partial charge in [-0.3, -0.25) is 9.79 Å². The van der Waals surface area contributed by atoms with E-state index < -0.39 is 0 Å². The molecule has 0 aliphatic carbocycles. The maximum atomic E-state index is 12.1. The summed E-state index contributed by atoms with van der Waals surface area (Å²) in [7, 11) is 1.87. The Balaban J connectivity index is 1.90. The number of carbonyl (C=O) groups is 1. The van der Waals surface area contributed by atoms with E-state index in [4.69, 9.17) is 5.73 Å². The van der Waals surface area contributed by atoms with E-state index in [0.29, 0.717) is 18.9 Å². The average Bonchev–Trinajstić information content (AvgIpc) is 2.88. The molecular formula is C19H30N4O. The van der Waals surface area contributed by atoms with Crippen molar-refractivity contribution in [1.82, 2.24) is 10.2 Å². The summed E-state index contributed by atoms with van der Waals surface area (Å²) in [6, 6.07) is 10.3. The van der Waals surface area contributed by atoms with Crippen molar-refractivity contribution in [2.75, 3.05) is 20.1 Å². The highest BCUT2D eigenvalue weighted by atomic mass is 16.2. The molecule has 0 aromatic heterocycles. The summed E-state index contributed by atoms with van der Waals surface area (Å²) in [6.07, 6.45) is 5.35. The van der Waals surface area contributed by atoms with Gasteiger partial charge in [0.15, 0.2) is 5.96 Å². The first-order valence-corrected chi connectivity index (χ1v) is 8.98. The van der Waals surface area contributed by atoms with E-state index in [0.717, 1.165) is 18.5 Å². The Kier molecular flexibility index (Phi) is 7.09. The minimum Gasteiger partial charge on any atom is -0.370 e. The van der Waals surface area contributed by atoms with Gasteiger partial charge in [0.1, 0.15) is 0 Å². The zero-order chi connectivity index (χ0) is 17.4. The van der Waals surface area contributed by atoms with Gasteiger partial charge in [-0.25, -0.2) is 0 Å². The van der Waals surface area contributed by atoms with Gasteiger partial charge in [-0.1, -0.05) is 56.5 Å². The van der Waals surface area contributed by atoms with E-state index in [1.165, 1.54) is 19.3 Å². The van der Waals surface area contributed by atoms with Gasteiger partial charge in [0.25, 0.3) is 0 Å². The second-order valence-electron chi connectivity index (χ2n) is 6.54. The van der Waals surface area contributed by atoms with Gasteiger partial charge < -0.3 is 16.0 Å². The van der Waals surface area contributed by atoms with Crippen molar-refractivity contribution in [3.63, 3.8) is 0 Å². The van der Waals surface area contributed by atoms with Crippen LogP contribution in [0.2, 0.25) is 0 Å². The summed E-state index contributed by atoms with van der Waals surface area (Å²) in [5.41, 5.74) is 7.12. The van der Waals surface area contributed by atoms with Gasteiger partial charge in [-0.05, 0) is 12.0 Å². The predicted octanol–water partition coefficient (Wildman–Crippen LogP) is 2.69. The van der Waals surface area contributed by atoms with E-state index in [1.54, 1.807) is 0 Å². The number of carbonyl (C=O) groups excluding carboxylic acids is 1. The first-order chi connectivity index (χ1) is 11.6. The maximum absolute atomic E-state index is 12.1. The summed E-state index contributed by atoms with van der Waals surface area (Å²) >= 11 is 0. The number of nitrogens with one attached hydrogen (secondary N) is 1. The normalized spacial score (nSPS) is 21.3. The monoisotopic (exact) mass is 330 g/mol. The Labute approximate surface area is 145 Å². The van der Waals surface area contributed by atoms with E-state index in [-0.39, 0.29) is 17.9 Å². The molecule has 0 saturated carbocycles. The Morgan fingerprint density at radius 2 is 2.04 bits per heavy atom. The largest absolute Gasteiger partial charge is 0.370 e. The van der Waals surface area contributed by atoms with Crippen LogP contribution in [0.5, 0.6) is 0 Å². The second kappa shape index (κ2) is 9.30. The highest BCUT2D eigenvalue weighted by Gasteiger charge is 2.38. The van der Waals surface area contributed by atoms with Gasteiger partial charge in [0.05, 0.1) is 6.04 Å². The standard InChI is InChI=1S/C19H30N4O/c1-3-4-5-9-12-21-19(20)22-14-16-13-17(24)23(2)18(16)15-10-7-6-8-11-15/h6-8,10-11,16,18H,3-5,9,12-14H2,1-2H3,(H3,20,21,22). The topological polar surface area (TPSA) is 70.7 Å². The lowest BCUT2D eigenvalue weighted by Crippen LogP contribution is -2.33. The Bertz CT molecular complexity index is 544. The van der Waals surface area contributed by atoms with Crippen LogP contribution >= 0.6 is 0 Å². The molecule has 2 unspecified atom stereocenters. The van der Waals surface area contributed by atoms with Gasteiger partial charge in [0.2, 0.25) is 5.91 Å². The van der Waals surface area contributed by atoms with Crippen LogP contribution in [0.15, 0.2) is 35.3 Å². The minimum atomic E-state index is 0.0832. The minimum absolute atomic E-state index is 0.0832. The molecule has 2 rings (SSSR count). The van der Waals surface area contributed by atoms with Crippen LogP contribution < -0.4 is 11.1 Å². The fourth-order valence-corrected chi connectivity index (χ4v) is 3.30. The van der Waals surface area contributed by atoms with E-state index in [1.807, 2.05) is 30.1 Å². The number of unbranched alkanes of at least 4 members (excludes halogenated alkanes) is 3. The third kappa shape index (κ3) is 4.98. The Morgan fingerprint density at radius 1 is 1.29 bits per heavy atom. The molecule has 3 N–H and O–H groups in total. The number of guanidine groups is 1. The number of aliphatic imine (C=N–C) groups is 1. The van der Waals surface area contributed by atoms with Gasteiger partial charge in [-0.2, -0.15) is 0 Å². The number of likely N-dealkylation sites (tertiary alicyclic amines) is 1. The third-order valence-corrected chi connectivity index (χ3v) is 4.67. The summed E-state index contributed by atoms with van der Waals surface area (Å²) in [6.45, 7) is 3.64. The summed E-state index contributed by atoms with van der Waals surface area (Å²) in [5.74, 6) is 0.834. The molecule has 1 fully saturated rings. The molecule has 24 heavy (non-hydrogen) atoms.